The molecule has 0 unspecified atom stereocenters. The second-order valence-electron chi connectivity index (χ2n) is 8.84. The van der Waals surface area contributed by atoms with Gasteiger partial charge < -0.3 is 19.7 Å². The summed E-state index contributed by atoms with van der Waals surface area (Å²) >= 11 is 0. The van der Waals surface area contributed by atoms with Gasteiger partial charge in [0.1, 0.15) is 11.8 Å². The Kier molecular flexibility index (Phi) is 8.06. The van der Waals surface area contributed by atoms with Crippen LogP contribution in [0, 0.1) is 6.92 Å². The third-order valence-corrected chi connectivity index (χ3v) is 6.16. The minimum atomic E-state index is -1.01. The Hall–Kier alpha value is -4.66. The maximum absolute atomic E-state index is 13.5. The molecule has 38 heavy (non-hydrogen) atoms. The Labute approximate surface area is 220 Å². The Balaban J connectivity index is 1.55. The molecule has 0 aromatic heterocycles. The second kappa shape index (κ2) is 11.6. The summed E-state index contributed by atoms with van der Waals surface area (Å²) in [6, 6.07) is 19.0. The highest BCUT2D eigenvalue weighted by molar-refractivity contribution is 6.22. The van der Waals surface area contributed by atoms with Gasteiger partial charge in [-0.15, -0.1) is 0 Å². The first-order valence-electron chi connectivity index (χ1n) is 12.2. The summed E-state index contributed by atoms with van der Waals surface area (Å²) in [6.07, 6.45) is -0.240. The summed E-state index contributed by atoms with van der Waals surface area (Å²) in [5.74, 6) is -0.893. The summed E-state index contributed by atoms with van der Waals surface area (Å²) < 4.78 is 10.2. The average Bonchev–Trinajstić information content (AvgIpc) is 3.14. The van der Waals surface area contributed by atoms with Gasteiger partial charge in [0, 0.05) is 18.3 Å². The van der Waals surface area contributed by atoms with Crippen LogP contribution in [0.1, 0.15) is 34.8 Å². The van der Waals surface area contributed by atoms with E-state index in [4.69, 9.17) is 9.47 Å². The van der Waals surface area contributed by atoms with Gasteiger partial charge in [-0.25, -0.2) is 14.5 Å². The molecule has 9 nitrogen and oxygen atoms in total. The van der Waals surface area contributed by atoms with Crippen LogP contribution in [-0.2, 0) is 20.9 Å². The van der Waals surface area contributed by atoms with Crippen molar-refractivity contribution >= 4 is 35.2 Å². The van der Waals surface area contributed by atoms with Crippen LogP contribution < -0.4 is 15.0 Å². The van der Waals surface area contributed by atoms with Crippen LogP contribution in [0.5, 0.6) is 5.75 Å². The average molecular weight is 516 g/mol. The third kappa shape index (κ3) is 5.83. The van der Waals surface area contributed by atoms with E-state index >= 15 is 0 Å². The van der Waals surface area contributed by atoms with E-state index < -0.39 is 29.9 Å². The van der Waals surface area contributed by atoms with Crippen LogP contribution in [-0.4, -0.2) is 48.5 Å². The molecular formula is C29H29N3O6. The molecule has 4 rings (SSSR count). The second-order valence-corrected chi connectivity index (χ2v) is 8.84. The lowest BCUT2D eigenvalue weighted by Gasteiger charge is -2.22. The SMILES string of the molecule is CCOC(=O)c1ccc(NC(=O)C[C@@H]2C(=O)N(c3cccc(OC)c3)C(=O)N2Cc2ccc(C)cc2)cc1. The molecular weight excluding hydrogens is 486 g/mol. The standard InChI is InChI=1S/C29H29N3O6/c1-4-38-28(35)21-12-14-22(15-13-21)30-26(33)17-25-27(34)32(23-6-5-7-24(16-23)37-3)29(36)31(25)18-20-10-8-19(2)9-11-20/h5-16,25H,4,17-18H2,1-3H3,(H,30,33)/t25-/m1/s1. The van der Waals surface area contributed by atoms with Gasteiger partial charge in [-0.3, -0.25) is 9.59 Å². The molecule has 1 aliphatic heterocycles. The molecule has 196 valence electrons. The fourth-order valence-corrected chi connectivity index (χ4v) is 4.18. The summed E-state index contributed by atoms with van der Waals surface area (Å²) in [5, 5.41) is 2.75. The van der Waals surface area contributed by atoms with Crippen LogP contribution in [0.3, 0.4) is 0 Å². The minimum Gasteiger partial charge on any atom is -0.497 e. The first kappa shape index (κ1) is 26.4. The molecule has 0 radical (unpaired) electrons. The molecule has 1 atom stereocenters. The molecule has 9 heteroatoms. The molecule has 3 aromatic rings. The summed E-state index contributed by atoms with van der Waals surface area (Å²) in [6.45, 7) is 4.11. The number of nitrogens with one attached hydrogen (secondary N) is 1. The molecule has 1 heterocycles. The van der Waals surface area contributed by atoms with E-state index in [9.17, 15) is 19.2 Å². The quantitative estimate of drug-likeness (QED) is 0.331. The Morgan fingerprint density at radius 1 is 0.974 bits per heavy atom. The highest BCUT2D eigenvalue weighted by Crippen LogP contribution is 2.30. The number of rotatable bonds is 9. The topological polar surface area (TPSA) is 105 Å². The van der Waals surface area contributed by atoms with E-state index in [1.807, 2.05) is 31.2 Å². The van der Waals surface area contributed by atoms with Crippen molar-refractivity contribution in [1.29, 1.82) is 0 Å². The van der Waals surface area contributed by atoms with Crippen LogP contribution in [0.25, 0.3) is 0 Å². The minimum absolute atomic E-state index is 0.164. The van der Waals surface area contributed by atoms with Gasteiger partial charge in [-0.05, 0) is 55.8 Å². The van der Waals surface area contributed by atoms with Gasteiger partial charge in [0.2, 0.25) is 5.91 Å². The highest BCUT2D eigenvalue weighted by Gasteiger charge is 2.46. The Morgan fingerprint density at radius 2 is 1.68 bits per heavy atom. The van der Waals surface area contributed by atoms with Gasteiger partial charge in [0.25, 0.3) is 5.91 Å². The van der Waals surface area contributed by atoms with E-state index in [2.05, 4.69) is 5.32 Å². The van der Waals surface area contributed by atoms with Crippen molar-refractivity contribution in [1.82, 2.24) is 4.90 Å². The maximum Gasteiger partial charge on any atom is 0.338 e. The largest absolute Gasteiger partial charge is 0.497 e. The maximum atomic E-state index is 13.5. The van der Waals surface area contributed by atoms with Crippen LogP contribution >= 0.6 is 0 Å². The number of esters is 1. The first-order chi connectivity index (χ1) is 18.3. The number of methoxy groups -OCH3 is 1. The predicted molar refractivity (Wildman–Crippen MR) is 142 cm³/mol. The monoisotopic (exact) mass is 515 g/mol. The van der Waals surface area contributed by atoms with Gasteiger partial charge in [-0.1, -0.05) is 35.9 Å². The van der Waals surface area contributed by atoms with E-state index in [1.165, 1.54) is 12.0 Å². The molecule has 1 fully saturated rings. The van der Waals surface area contributed by atoms with Crippen molar-refractivity contribution < 1.29 is 28.7 Å². The lowest BCUT2D eigenvalue weighted by atomic mass is 10.1. The van der Waals surface area contributed by atoms with Crippen molar-refractivity contribution in [3.05, 3.63) is 89.5 Å². The number of ether oxygens (including phenoxy) is 2. The molecule has 3 aromatic carbocycles. The Morgan fingerprint density at radius 3 is 2.34 bits per heavy atom. The normalized spacial score (nSPS) is 15.0. The molecule has 4 amide bonds. The van der Waals surface area contributed by atoms with E-state index in [0.717, 1.165) is 16.0 Å². The molecule has 0 bridgehead atoms. The number of nitrogens with zero attached hydrogens (tertiary/aromatic N) is 2. The number of carbonyl (C=O) groups excluding carboxylic acids is 4. The number of urea groups is 1. The summed E-state index contributed by atoms with van der Waals surface area (Å²) in [4.78, 5) is 54.4. The lowest BCUT2D eigenvalue weighted by Crippen LogP contribution is -2.37. The third-order valence-electron chi connectivity index (χ3n) is 6.16. The van der Waals surface area contributed by atoms with Crippen molar-refractivity contribution in [3.8, 4) is 5.75 Å². The fourth-order valence-electron chi connectivity index (χ4n) is 4.18. The first-order valence-corrected chi connectivity index (χ1v) is 12.2. The lowest BCUT2D eigenvalue weighted by molar-refractivity contribution is -0.124. The molecule has 0 spiro atoms. The molecule has 0 saturated carbocycles. The summed E-state index contributed by atoms with van der Waals surface area (Å²) in [7, 11) is 1.50. The van der Waals surface area contributed by atoms with Crippen molar-refractivity contribution in [2.45, 2.75) is 32.9 Å². The number of hydrogen-bond acceptors (Lipinski definition) is 6. The highest BCUT2D eigenvalue weighted by atomic mass is 16.5. The molecule has 1 N–H and O–H groups in total. The van der Waals surface area contributed by atoms with Crippen LogP contribution in [0.2, 0.25) is 0 Å². The Bertz CT molecular complexity index is 1340. The van der Waals surface area contributed by atoms with Crippen LogP contribution in [0.4, 0.5) is 16.2 Å². The number of imide groups is 1. The number of benzene rings is 3. The number of carbonyl (C=O) groups is 4. The van der Waals surface area contributed by atoms with Crippen molar-refractivity contribution in [2.75, 3.05) is 23.9 Å². The van der Waals surface area contributed by atoms with E-state index in [0.29, 0.717) is 22.7 Å². The smallest absolute Gasteiger partial charge is 0.338 e. The van der Waals surface area contributed by atoms with Crippen molar-refractivity contribution in [2.24, 2.45) is 0 Å². The zero-order valence-electron chi connectivity index (χ0n) is 21.5. The number of aryl methyl sites for hydroxylation is 1. The molecule has 1 saturated heterocycles. The number of anilines is 2. The van der Waals surface area contributed by atoms with Gasteiger partial charge in [0.05, 0.1) is 31.4 Å². The van der Waals surface area contributed by atoms with Crippen molar-refractivity contribution in [3.63, 3.8) is 0 Å². The van der Waals surface area contributed by atoms with Gasteiger partial charge >= 0.3 is 12.0 Å². The summed E-state index contributed by atoms with van der Waals surface area (Å²) in [5.41, 5.74) is 3.09. The molecule has 0 aliphatic carbocycles. The molecule has 1 aliphatic rings. The predicted octanol–water partition coefficient (Wildman–Crippen LogP) is 4.55. The van der Waals surface area contributed by atoms with E-state index in [-0.39, 0.29) is 19.6 Å². The van der Waals surface area contributed by atoms with Gasteiger partial charge in [0.15, 0.2) is 0 Å². The van der Waals surface area contributed by atoms with Crippen LogP contribution in [0.15, 0.2) is 72.8 Å². The fraction of sp³-hybridized carbons (Fsp3) is 0.241. The number of amides is 4. The number of hydrogen-bond donors (Lipinski definition) is 1. The van der Waals surface area contributed by atoms with Gasteiger partial charge in [-0.2, -0.15) is 0 Å². The zero-order chi connectivity index (χ0) is 27.2. The zero-order valence-corrected chi connectivity index (χ0v) is 21.5. The van der Waals surface area contributed by atoms with E-state index in [1.54, 1.807) is 55.5 Å².